The van der Waals surface area contributed by atoms with E-state index in [0.717, 1.165) is 71.8 Å². The minimum Gasteiger partial charge on any atom is -0.497 e. The maximum Gasteiger partial charge on any atom is 0.252 e. The summed E-state index contributed by atoms with van der Waals surface area (Å²) in [5.41, 5.74) is 11.8. The zero-order chi connectivity index (χ0) is 29.9. The number of unbranched alkanes of at least 4 members (excludes halogenated alkanes) is 5. The lowest BCUT2D eigenvalue weighted by Gasteiger charge is -2.16. The lowest BCUT2D eigenvalue weighted by Crippen LogP contribution is -2.24. The van der Waals surface area contributed by atoms with Crippen LogP contribution in [0.25, 0.3) is 10.9 Å². The molecule has 0 aliphatic rings. The molecule has 0 spiro atoms. The Morgan fingerprint density at radius 3 is 2.45 bits per heavy atom. The Labute approximate surface area is 247 Å². The molecular weight excluding hydrogens is 528 g/mol. The highest BCUT2D eigenvalue weighted by molar-refractivity contribution is 6.08. The first-order chi connectivity index (χ1) is 20.4. The third-order valence-electron chi connectivity index (χ3n) is 7.29. The number of carbonyl (C=O) groups excluding carboxylic acids is 2. The maximum absolute atomic E-state index is 12.8. The molecule has 0 unspecified atom stereocenters. The molecule has 0 aliphatic heterocycles. The van der Waals surface area contributed by atoms with E-state index in [2.05, 4.69) is 21.7 Å². The number of primary amides is 1. The summed E-state index contributed by atoms with van der Waals surface area (Å²) < 4.78 is 5.36. The molecule has 0 bridgehead atoms. The lowest BCUT2D eigenvalue weighted by molar-refractivity contribution is 0.0951. The van der Waals surface area contributed by atoms with Crippen LogP contribution in [0.1, 0.15) is 75.9 Å². The molecule has 8 nitrogen and oxygen atoms in total. The molecule has 220 valence electrons. The van der Waals surface area contributed by atoms with Gasteiger partial charge in [0.1, 0.15) is 5.75 Å². The normalized spacial score (nSPS) is 10.9. The van der Waals surface area contributed by atoms with Crippen LogP contribution >= 0.6 is 0 Å². The molecule has 0 aliphatic carbocycles. The summed E-state index contributed by atoms with van der Waals surface area (Å²) in [4.78, 5) is 29.7. The first-order valence-corrected chi connectivity index (χ1v) is 14.5. The van der Waals surface area contributed by atoms with Crippen LogP contribution in [0, 0.1) is 6.92 Å². The van der Waals surface area contributed by atoms with Gasteiger partial charge in [0.2, 0.25) is 0 Å². The minimum atomic E-state index is -0.571. The monoisotopic (exact) mass is 568 g/mol. The number of aliphatic hydroxyl groups is 1. The Morgan fingerprint density at radius 1 is 0.929 bits per heavy atom. The van der Waals surface area contributed by atoms with Gasteiger partial charge in [-0.15, -0.1) is 0 Å². The molecule has 0 atom stereocenters. The lowest BCUT2D eigenvalue weighted by atomic mass is 9.97. The average molecular weight is 569 g/mol. The number of aryl methyl sites for hydroxylation is 1. The number of rotatable bonds is 15. The van der Waals surface area contributed by atoms with Crippen molar-refractivity contribution in [1.82, 2.24) is 10.3 Å². The molecule has 8 heteroatoms. The molecule has 0 saturated carbocycles. The number of fused-ring (bicyclic) bond motifs is 1. The number of aromatic nitrogens is 1. The van der Waals surface area contributed by atoms with E-state index < -0.39 is 5.91 Å². The molecule has 1 heterocycles. The number of pyridine rings is 1. The largest absolute Gasteiger partial charge is 0.497 e. The van der Waals surface area contributed by atoms with Crippen molar-refractivity contribution in [3.8, 4) is 5.75 Å². The van der Waals surface area contributed by atoms with Gasteiger partial charge in [0.15, 0.2) is 0 Å². The second kappa shape index (κ2) is 15.0. The number of benzene rings is 3. The van der Waals surface area contributed by atoms with E-state index in [1.54, 1.807) is 7.11 Å². The highest BCUT2D eigenvalue weighted by Crippen LogP contribution is 2.33. The van der Waals surface area contributed by atoms with Crippen molar-refractivity contribution in [3.63, 3.8) is 0 Å². The van der Waals surface area contributed by atoms with Gasteiger partial charge in [-0.25, -0.2) is 0 Å². The first-order valence-electron chi connectivity index (χ1n) is 14.5. The van der Waals surface area contributed by atoms with Crippen LogP contribution in [-0.4, -0.2) is 42.2 Å². The summed E-state index contributed by atoms with van der Waals surface area (Å²) in [6.07, 6.45) is 8.26. The van der Waals surface area contributed by atoms with Crippen LogP contribution in [0.5, 0.6) is 5.75 Å². The van der Waals surface area contributed by atoms with Crippen molar-refractivity contribution in [2.45, 2.75) is 51.9 Å². The molecule has 0 saturated heterocycles. The van der Waals surface area contributed by atoms with Crippen LogP contribution in [0.2, 0.25) is 0 Å². The van der Waals surface area contributed by atoms with E-state index in [9.17, 15) is 9.59 Å². The van der Waals surface area contributed by atoms with Gasteiger partial charge in [-0.1, -0.05) is 49.9 Å². The number of nitrogens with zero attached hydrogens (tertiary/aromatic N) is 1. The molecule has 1 aromatic heterocycles. The number of nitrogens with one attached hydrogen (secondary N) is 2. The van der Waals surface area contributed by atoms with Crippen molar-refractivity contribution >= 4 is 34.1 Å². The summed E-state index contributed by atoms with van der Waals surface area (Å²) in [5.74, 6) is 0.0409. The Kier molecular flexibility index (Phi) is 10.9. The maximum atomic E-state index is 12.8. The summed E-state index contributed by atoms with van der Waals surface area (Å²) in [6.45, 7) is 2.89. The first kappa shape index (κ1) is 30.5. The van der Waals surface area contributed by atoms with E-state index >= 15 is 0 Å². The number of methoxy groups -OCH3 is 1. The number of amides is 2. The molecule has 3 aromatic carbocycles. The molecule has 5 N–H and O–H groups in total. The number of carbonyl (C=O) groups is 2. The van der Waals surface area contributed by atoms with E-state index in [4.69, 9.17) is 15.6 Å². The zero-order valence-electron chi connectivity index (χ0n) is 24.4. The second-order valence-electron chi connectivity index (χ2n) is 10.6. The Hall–Kier alpha value is -4.43. The van der Waals surface area contributed by atoms with E-state index in [-0.39, 0.29) is 12.5 Å². The van der Waals surface area contributed by atoms with Gasteiger partial charge in [-0.3, -0.25) is 14.6 Å². The van der Waals surface area contributed by atoms with Crippen LogP contribution in [0.3, 0.4) is 0 Å². The predicted octanol–water partition coefficient (Wildman–Crippen LogP) is 6.05. The quantitative estimate of drug-likeness (QED) is 0.129. The van der Waals surface area contributed by atoms with Gasteiger partial charge in [-0.05, 0) is 73.2 Å². The summed E-state index contributed by atoms with van der Waals surface area (Å²) >= 11 is 0. The van der Waals surface area contributed by atoms with Crippen molar-refractivity contribution in [3.05, 3.63) is 94.7 Å². The number of aliphatic hydroxyl groups excluding tert-OH is 1. The van der Waals surface area contributed by atoms with Gasteiger partial charge in [0.05, 0.1) is 23.9 Å². The van der Waals surface area contributed by atoms with E-state index in [1.807, 2.05) is 61.5 Å². The second-order valence-corrected chi connectivity index (χ2v) is 10.6. The van der Waals surface area contributed by atoms with Gasteiger partial charge in [-0.2, -0.15) is 0 Å². The third kappa shape index (κ3) is 8.07. The Balaban J connectivity index is 1.52. The number of anilines is 2. The molecule has 4 aromatic rings. The predicted molar refractivity (Wildman–Crippen MR) is 168 cm³/mol. The number of ether oxygens (including phenoxy) is 1. The third-order valence-corrected chi connectivity index (χ3v) is 7.29. The van der Waals surface area contributed by atoms with Crippen molar-refractivity contribution < 1.29 is 19.4 Å². The number of nitrogens with two attached hydrogens (primary N) is 1. The Morgan fingerprint density at radius 2 is 1.69 bits per heavy atom. The van der Waals surface area contributed by atoms with Crippen molar-refractivity contribution in [1.29, 1.82) is 0 Å². The van der Waals surface area contributed by atoms with E-state index in [1.165, 1.54) is 6.20 Å². The van der Waals surface area contributed by atoms with Crippen LogP contribution in [0.4, 0.5) is 11.4 Å². The molecule has 4 rings (SSSR count). The highest BCUT2D eigenvalue weighted by atomic mass is 16.5. The van der Waals surface area contributed by atoms with Crippen LogP contribution in [0.15, 0.2) is 66.9 Å². The van der Waals surface area contributed by atoms with Gasteiger partial charge >= 0.3 is 0 Å². The Bertz CT molecular complexity index is 1540. The fourth-order valence-electron chi connectivity index (χ4n) is 5.13. The molecule has 2 amide bonds. The zero-order valence-corrected chi connectivity index (χ0v) is 24.4. The smallest absolute Gasteiger partial charge is 0.252 e. The van der Waals surface area contributed by atoms with Crippen molar-refractivity contribution in [2.24, 2.45) is 5.73 Å². The molecule has 0 fully saturated rings. The molecule has 0 radical (unpaired) electrons. The van der Waals surface area contributed by atoms with Gasteiger partial charge in [0, 0.05) is 42.1 Å². The molecule has 42 heavy (non-hydrogen) atoms. The summed E-state index contributed by atoms with van der Waals surface area (Å²) in [5, 5.41) is 16.1. The van der Waals surface area contributed by atoms with Crippen LogP contribution < -0.4 is 21.1 Å². The SMILES string of the molecule is COc1cccc(Nc2c(C(N)=O)cnc3c(C)cc(Cc4cccc(C(=O)NCCCCCCCCO)c4)cc23)c1. The average Bonchev–Trinajstić information content (AvgIpc) is 2.99. The number of hydrogen-bond donors (Lipinski definition) is 4. The van der Waals surface area contributed by atoms with Gasteiger partial charge < -0.3 is 26.2 Å². The fourth-order valence-corrected chi connectivity index (χ4v) is 5.13. The molecular formula is C34H40N4O4. The van der Waals surface area contributed by atoms with Crippen LogP contribution in [-0.2, 0) is 6.42 Å². The van der Waals surface area contributed by atoms with E-state index in [0.29, 0.717) is 35.5 Å². The summed E-state index contributed by atoms with van der Waals surface area (Å²) in [7, 11) is 1.61. The summed E-state index contributed by atoms with van der Waals surface area (Å²) in [6, 6.07) is 19.3. The van der Waals surface area contributed by atoms with Crippen molar-refractivity contribution in [2.75, 3.05) is 25.6 Å². The topological polar surface area (TPSA) is 127 Å². The highest BCUT2D eigenvalue weighted by Gasteiger charge is 2.16. The van der Waals surface area contributed by atoms with Gasteiger partial charge in [0.25, 0.3) is 11.8 Å². The minimum absolute atomic E-state index is 0.0769. The standard InChI is InChI=1S/C34H40N4O4/c1-23-17-25(18-24-11-9-12-26(19-24)34(41)36-15-7-5-3-4-6-8-16-39)20-29-31(23)37-22-30(33(35)40)32(29)38-27-13-10-14-28(21-27)42-2/h9-14,17,19-22,39H,3-8,15-16,18H2,1-2H3,(H2,35,40)(H,36,41)(H,37,38). The fraction of sp³-hybridized carbons (Fsp3) is 0.324. The number of hydrogen-bond acceptors (Lipinski definition) is 6.